The molecule has 0 aliphatic carbocycles. The fourth-order valence-electron chi connectivity index (χ4n) is 3.41. The maximum Gasteiger partial charge on any atom is 0.231 e. The average molecular weight is 364 g/mol. The van der Waals surface area contributed by atoms with E-state index >= 15 is 0 Å². The van der Waals surface area contributed by atoms with Crippen molar-refractivity contribution < 1.29 is 18.9 Å². The molecule has 1 atom stereocenters. The molecule has 5 nitrogen and oxygen atoms in total. The lowest BCUT2D eigenvalue weighted by atomic mass is 9.91. The largest absolute Gasteiger partial charge is 0.493 e. The molecule has 6 heteroatoms. The number of hydrogen-bond donors (Lipinski definition) is 1. The van der Waals surface area contributed by atoms with Crippen molar-refractivity contribution in [1.82, 2.24) is 5.32 Å². The first-order chi connectivity index (χ1) is 11.8. The minimum Gasteiger partial charge on any atom is -0.493 e. The first-order valence-corrected chi connectivity index (χ1v) is 8.12. The Balaban J connectivity index is 0.00000182. The number of benzene rings is 2. The van der Waals surface area contributed by atoms with Gasteiger partial charge in [-0.05, 0) is 53.8 Å². The van der Waals surface area contributed by atoms with E-state index in [1.807, 2.05) is 6.07 Å². The predicted molar refractivity (Wildman–Crippen MR) is 97.4 cm³/mol. The lowest BCUT2D eigenvalue weighted by Gasteiger charge is -2.27. The van der Waals surface area contributed by atoms with Crippen molar-refractivity contribution in [3.8, 4) is 23.0 Å². The van der Waals surface area contributed by atoms with Crippen LogP contribution in [0.1, 0.15) is 16.7 Å². The zero-order chi connectivity index (χ0) is 16.5. The van der Waals surface area contributed by atoms with Gasteiger partial charge < -0.3 is 24.3 Å². The molecule has 0 saturated carbocycles. The number of hydrogen-bond acceptors (Lipinski definition) is 5. The molecule has 2 aromatic rings. The predicted octanol–water partition coefficient (Wildman–Crippen LogP) is 3.11. The number of fused-ring (bicyclic) bond motifs is 2. The van der Waals surface area contributed by atoms with Crippen LogP contribution < -0.4 is 24.3 Å². The van der Waals surface area contributed by atoms with Gasteiger partial charge in [0.25, 0.3) is 0 Å². The molecule has 0 aromatic heterocycles. The highest BCUT2D eigenvalue weighted by molar-refractivity contribution is 5.85. The van der Waals surface area contributed by atoms with Crippen LogP contribution in [0.15, 0.2) is 30.3 Å². The van der Waals surface area contributed by atoms with Crippen LogP contribution in [0.4, 0.5) is 0 Å². The van der Waals surface area contributed by atoms with E-state index in [4.69, 9.17) is 18.9 Å². The molecule has 0 spiro atoms. The number of methoxy groups -OCH3 is 2. The smallest absolute Gasteiger partial charge is 0.231 e. The van der Waals surface area contributed by atoms with Crippen LogP contribution in [-0.2, 0) is 19.4 Å². The molecule has 4 rings (SSSR count). The normalized spacial score (nSPS) is 17.4. The van der Waals surface area contributed by atoms with Crippen LogP contribution in [0.2, 0.25) is 0 Å². The van der Waals surface area contributed by atoms with E-state index in [9.17, 15) is 0 Å². The molecular formula is C19H22ClNO4. The Bertz CT molecular complexity index is 765. The molecule has 2 heterocycles. The summed E-state index contributed by atoms with van der Waals surface area (Å²) in [6.07, 6.45) is 1.91. The quantitative estimate of drug-likeness (QED) is 0.904. The summed E-state index contributed by atoms with van der Waals surface area (Å²) in [5, 5.41) is 3.61. The van der Waals surface area contributed by atoms with Crippen molar-refractivity contribution in [1.29, 1.82) is 0 Å². The number of nitrogens with one attached hydrogen (secondary N) is 1. The molecule has 1 N–H and O–H groups in total. The first-order valence-electron chi connectivity index (χ1n) is 8.12. The zero-order valence-electron chi connectivity index (χ0n) is 14.3. The molecular weight excluding hydrogens is 342 g/mol. The van der Waals surface area contributed by atoms with Crippen molar-refractivity contribution in [2.75, 3.05) is 21.0 Å². The number of rotatable bonds is 4. The molecule has 0 bridgehead atoms. The van der Waals surface area contributed by atoms with Gasteiger partial charge in [-0.2, -0.15) is 0 Å². The summed E-state index contributed by atoms with van der Waals surface area (Å²) in [5.74, 6) is 3.25. The molecule has 2 aliphatic heterocycles. The molecule has 2 aromatic carbocycles. The maximum atomic E-state index is 5.47. The average Bonchev–Trinajstić information content (AvgIpc) is 3.08. The summed E-state index contributed by atoms with van der Waals surface area (Å²) >= 11 is 0. The Kier molecular flexibility index (Phi) is 5.25. The molecule has 0 saturated heterocycles. The fraction of sp³-hybridized carbons (Fsp3) is 0.368. The van der Waals surface area contributed by atoms with Crippen LogP contribution >= 0.6 is 12.4 Å². The Hall–Kier alpha value is -2.11. The minimum absolute atomic E-state index is 0. The lowest BCUT2D eigenvalue weighted by Crippen LogP contribution is -2.37. The van der Waals surface area contributed by atoms with Crippen molar-refractivity contribution in [2.24, 2.45) is 0 Å². The third-order valence-electron chi connectivity index (χ3n) is 4.67. The monoisotopic (exact) mass is 363 g/mol. The van der Waals surface area contributed by atoms with Crippen molar-refractivity contribution in [3.63, 3.8) is 0 Å². The summed E-state index contributed by atoms with van der Waals surface area (Å²) in [7, 11) is 3.35. The van der Waals surface area contributed by atoms with E-state index in [-0.39, 0.29) is 12.4 Å². The second kappa shape index (κ2) is 7.42. The van der Waals surface area contributed by atoms with Gasteiger partial charge in [0.05, 0.1) is 14.2 Å². The minimum atomic E-state index is 0. The van der Waals surface area contributed by atoms with Crippen molar-refractivity contribution >= 4 is 12.4 Å². The fourth-order valence-corrected chi connectivity index (χ4v) is 3.41. The number of ether oxygens (including phenoxy) is 4. The van der Waals surface area contributed by atoms with E-state index in [0.29, 0.717) is 12.8 Å². The molecule has 0 amide bonds. The van der Waals surface area contributed by atoms with E-state index in [1.165, 1.54) is 16.7 Å². The Labute approximate surface area is 153 Å². The van der Waals surface area contributed by atoms with Crippen molar-refractivity contribution in [2.45, 2.75) is 25.4 Å². The standard InChI is InChI=1S/C19H21NO4.ClH/c1-21-17-8-13-7-15(20-10-14(13)9-18(17)22-2)5-12-3-4-16-19(6-12)24-11-23-16;/h3-4,6,8-9,15,20H,5,7,10-11H2,1-2H3;1H. The van der Waals surface area contributed by atoms with E-state index in [0.717, 1.165) is 42.4 Å². The van der Waals surface area contributed by atoms with Gasteiger partial charge in [-0.3, -0.25) is 0 Å². The van der Waals surface area contributed by atoms with Crippen molar-refractivity contribution in [3.05, 3.63) is 47.0 Å². The third-order valence-corrected chi connectivity index (χ3v) is 4.67. The Morgan fingerprint density at radius 3 is 2.48 bits per heavy atom. The summed E-state index contributed by atoms with van der Waals surface area (Å²) < 4.78 is 21.7. The van der Waals surface area contributed by atoms with Gasteiger partial charge >= 0.3 is 0 Å². The van der Waals surface area contributed by atoms with Gasteiger partial charge in [-0.15, -0.1) is 12.4 Å². The molecule has 25 heavy (non-hydrogen) atoms. The summed E-state index contributed by atoms with van der Waals surface area (Å²) in [6.45, 7) is 1.15. The van der Waals surface area contributed by atoms with Crippen LogP contribution in [0.3, 0.4) is 0 Å². The highest BCUT2D eigenvalue weighted by Crippen LogP contribution is 2.35. The highest BCUT2D eigenvalue weighted by Gasteiger charge is 2.22. The van der Waals surface area contributed by atoms with Crippen LogP contribution in [0.5, 0.6) is 23.0 Å². The van der Waals surface area contributed by atoms with E-state index < -0.39 is 0 Å². The van der Waals surface area contributed by atoms with Gasteiger partial charge in [-0.1, -0.05) is 6.07 Å². The molecule has 134 valence electrons. The first kappa shape index (κ1) is 17.7. The second-order valence-corrected chi connectivity index (χ2v) is 6.15. The van der Waals surface area contributed by atoms with Crippen LogP contribution in [0.25, 0.3) is 0 Å². The van der Waals surface area contributed by atoms with Gasteiger partial charge in [0.15, 0.2) is 23.0 Å². The molecule has 0 radical (unpaired) electrons. The second-order valence-electron chi connectivity index (χ2n) is 6.15. The summed E-state index contributed by atoms with van der Waals surface area (Å²) in [5.41, 5.74) is 3.84. The molecule has 2 aliphatic rings. The zero-order valence-corrected chi connectivity index (χ0v) is 15.2. The highest BCUT2D eigenvalue weighted by atomic mass is 35.5. The van der Waals surface area contributed by atoms with Gasteiger partial charge in [0.2, 0.25) is 6.79 Å². The number of halogens is 1. The topological polar surface area (TPSA) is 49.0 Å². The molecule has 0 fully saturated rings. The Morgan fingerprint density at radius 1 is 1.00 bits per heavy atom. The van der Waals surface area contributed by atoms with E-state index in [1.54, 1.807) is 14.2 Å². The summed E-state index contributed by atoms with van der Waals surface area (Å²) in [6, 6.07) is 10.7. The third kappa shape index (κ3) is 3.48. The van der Waals surface area contributed by atoms with Gasteiger partial charge in [0.1, 0.15) is 0 Å². The van der Waals surface area contributed by atoms with Gasteiger partial charge in [-0.25, -0.2) is 0 Å². The van der Waals surface area contributed by atoms with E-state index in [2.05, 4.69) is 29.6 Å². The van der Waals surface area contributed by atoms with Crippen LogP contribution in [-0.4, -0.2) is 27.1 Å². The summed E-state index contributed by atoms with van der Waals surface area (Å²) in [4.78, 5) is 0. The van der Waals surface area contributed by atoms with Crippen LogP contribution in [0, 0.1) is 0 Å². The maximum absolute atomic E-state index is 5.47. The molecule has 1 unspecified atom stereocenters. The van der Waals surface area contributed by atoms with Gasteiger partial charge in [0, 0.05) is 12.6 Å². The lowest BCUT2D eigenvalue weighted by molar-refractivity contribution is 0.174. The SMILES string of the molecule is COc1cc2c(cc1OC)CC(Cc1ccc3c(c1)OCO3)NC2.Cl. The Morgan fingerprint density at radius 2 is 1.72 bits per heavy atom.